The Hall–Kier alpha value is -4.38. The predicted molar refractivity (Wildman–Crippen MR) is 153 cm³/mol. The second-order valence-electron chi connectivity index (χ2n) is 11.6. The molecule has 0 saturated carbocycles. The number of carboxylic acids is 1. The zero-order valence-electron chi connectivity index (χ0n) is 24.2. The summed E-state index contributed by atoms with van der Waals surface area (Å²) in [6.07, 6.45) is 0.707. The van der Waals surface area contributed by atoms with E-state index < -0.39 is 35.8 Å². The Morgan fingerprint density at radius 2 is 1.74 bits per heavy atom. The molecule has 2 atom stereocenters. The molecule has 222 valence electrons. The first kappa shape index (κ1) is 29.1. The van der Waals surface area contributed by atoms with E-state index in [1.807, 2.05) is 36.4 Å². The molecule has 11 nitrogen and oxygen atoms in total. The Balaban J connectivity index is 1.42. The monoisotopic (exact) mass is 576 g/mol. The van der Waals surface area contributed by atoms with E-state index >= 15 is 0 Å². The van der Waals surface area contributed by atoms with Gasteiger partial charge in [0.05, 0.1) is 25.2 Å². The average molecular weight is 577 g/mol. The molecule has 1 saturated heterocycles. The SMILES string of the molecule is Cn1cc(CN(C(=O)OCC2c3ccccc3-c3ccccc32)[C@H]2CCOC[C@H]2NC(=O)OC(C)(C)C)c(C(=O)O)n1. The van der Waals surface area contributed by atoms with E-state index in [0.29, 0.717) is 18.6 Å². The Labute approximate surface area is 244 Å². The molecule has 2 aliphatic rings. The van der Waals surface area contributed by atoms with Gasteiger partial charge in [0.2, 0.25) is 0 Å². The summed E-state index contributed by atoms with van der Waals surface area (Å²) in [4.78, 5) is 40.0. The highest BCUT2D eigenvalue weighted by atomic mass is 16.6. The number of carbonyl (C=O) groups is 3. The van der Waals surface area contributed by atoms with Crippen LogP contribution in [0.25, 0.3) is 11.1 Å². The first-order valence-electron chi connectivity index (χ1n) is 14.0. The van der Waals surface area contributed by atoms with Crippen LogP contribution in [0.3, 0.4) is 0 Å². The maximum Gasteiger partial charge on any atom is 0.410 e. The molecule has 3 aromatic rings. The summed E-state index contributed by atoms with van der Waals surface area (Å²) < 4.78 is 18.5. The number of aromatic carboxylic acids is 1. The van der Waals surface area contributed by atoms with Crippen LogP contribution in [0.1, 0.15) is 60.3 Å². The van der Waals surface area contributed by atoms with E-state index in [0.717, 1.165) is 22.3 Å². The zero-order valence-corrected chi connectivity index (χ0v) is 24.2. The number of aromatic nitrogens is 2. The standard InChI is InChI=1S/C31H36N4O7/c1-31(2,3)42-29(38)32-25-18-40-14-13-26(25)35(16-19-15-34(4)33-27(19)28(36)37)30(39)41-17-24-22-11-7-5-9-20(22)21-10-6-8-12-23(21)24/h5-12,15,24-26H,13-14,16-18H2,1-4H3,(H,32,38)(H,36,37)/t25-,26+/m1/s1. The number of fused-ring (bicyclic) bond motifs is 3. The van der Waals surface area contributed by atoms with Gasteiger partial charge in [-0.3, -0.25) is 9.58 Å². The zero-order chi connectivity index (χ0) is 30.0. The fraction of sp³-hybridized carbons (Fsp3) is 0.419. The van der Waals surface area contributed by atoms with Crippen LogP contribution in [-0.2, 0) is 27.8 Å². The number of ether oxygens (including phenoxy) is 3. The predicted octanol–water partition coefficient (Wildman–Crippen LogP) is 4.55. The van der Waals surface area contributed by atoms with Gasteiger partial charge in [-0.25, -0.2) is 14.4 Å². The highest BCUT2D eigenvalue weighted by Gasteiger charge is 2.38. The summed E-state index contributed by atoms with van der Waals surface area (Å²) in [5.74, 6) is -1.35. The van der Waals surface area contributed by atoms with E-state index in [1.165, 1.54) is 9.58 Å². The topological polar surface area (TPSA) is 132 Å². The summed E-state index contributed by atoms with van der Waals surface area (Å²) in [7, 11) is 1.62. The summed E-state index contributed by atoms with van der Waals surface area (Å²) in [5, 5.41) is 16.6. The van der Waals surface area contributed by atoms with Gasteiger partial charge >= 0.3 is 18.2 Å². The van der Waals surface area contributed by atoms with Crippen LogP contribution in [0.15, 0.2) is 54.7 Å². The molecule has 0 bridgehead atoms. The maximum atomic E-state index is 13.9. The second-order valence-corrected chi connectivity index (χ2v) is 11.6. The van der Waals surface area contributed by atoms with Crippen molar-refractivity contribution < 1.29 is 33.7 Å². The van der Waals surface area contributed by atoms with Gasteiger partial charge in [-0.1, -0.05) is 48.5 Å². The molecular weight excluding hydrogens is 540 g/mol. The number of nitrogens with one attached hydrogen (secondary N) is 1. The Morgan fingerprint density at radius 1 is 1.10 bits per heavy atom. The molecular formula is C31H36N4O7. The van der Waals surface area contributed by atoms with Gasteiger partial charge in [0.1, 0.15) is 12.2 Å². The molecule has 42 heavy (non-hydrogen) atoms. The third kappa shape index (κ3) is 6.25. The minimum Gasteiger partial charge on any atom is -0.476 e. The summed E-state index contributed by atoms with van der Waals surface area (Å²) >= 11 is 0. The van der Waals surface area contributed by atoms with Gasteiger partial charge in [0, 0.05) is 31.3 Å². The second kappa shape index (κ2) is 11.8. The molecule has 5 rings (SSSR count). The number of alkyl carbamates (subject to hydrolysis) is 1. The van der Waals surface area contributed by atoms with Gasteiger partial charge in [-0.2, -0.15) is 5.10 Å². The normalized spacial score (nSPS) is 18.1. The molecule has 11 heteroatoms. The van der Waals surface area contributed by atoms with E-state index in [2.05, 4.69) is 22.5 Å². The lowest BCUT2D eigenvalue weighted by atomic mass is 9.98. The molecule has 0 radical (unpaired) electrons. The minimum atomic E-state index is -1.20. The number of rotatable bonds is 7. The summed E-state index contributed by atoms with van der Waals surface area (Å²) in [5.41, 5.74) is 3.85. The number of nitrogens with zero attached hydrogens (tertiary/aromatic N) is 3. The van der Waals surface area contributed by atoms with E-state index in [9.17, 15) is 19.5 Å². The van der Waals surface area contributed by atoms with Crippen molar-refractivity contribution in [3.8, 4) is 11.1 Å². The van der Waals surface area contributed by atoms with Crippen molar-refractivity contribution in [3.05, 3.63) is 77.1 Å². The van der Waals surface area contributed by atoms with Gasteiger partial charge < -0.3 is 24.6 Å². The fourth-order valence-electron chi connectivity index (χ4n) is 5.71. The number of carbonyl (C=O) groups excluding carboxylic acids is 2. The fourth-order valence-corrected chi connectivity index (χ4v) is 5.71. The van der Waals surface area contributed by atoms with Gasteiger partial charge in [0.25, 0.3) is 0 Å². The van der Waals surface area contributed by atoms with Crippen LogP contribution in [0.4, 0.5) is 9.59 Å². The van der Waals surface area contributed by atoms with Crippen LogP contribution in [-0.4, -0.2) is 75.4 Å². The lowest BCUT2D eigenvalue weighted by Gasteiger charge is -2.39. The van der Waals surface area contributed by atoms with Crippen LogP contribution >= 0.6 is 0 Å². The minimum absolute atomic E-state index is 0.0800. The Kier molecular flexibility index (Phi) is 8.22. The Morgan fingerprint density at radius 3 is 2.36 bits per heavy atom. The van der Waals surface area contributed by atoms with Crippen molar-refractivity contribution in [3.63, 3.8) is 0 Å². The number of amides is 2. The van der Waals surface area contributed by atoms with Crippen LogP contribution < -0.4 is 5.32 Å². The van der Waals surface area contributed by atoms with Gasteiger partial charge in [-0.05, 0) is 49.4 Å². The third-order valence-corrected chi connectivity index (χ3v) is 7.44. The molecule has 1 fully saturated rings. The van der Waals surface area contributed by atoms with Crippen molar-refractivity contribution >= 4 is 18.2 Å². The number of aryl methyl sites for hydroxylation is 1. The Bertz CT molecular complexity index is 1430. The van der Waals surface area contributed by atoms with Crippen molar-refractivity contribution in [2.75, 3.05) is 19.8 Å². The maximum absolute atomic E-state index is 13.9. The van der Waals surface area contributed by atoms with Crippen molar-refractivity contribution in [1.29, 1.82) is 0 Å². The molecule has 2 heterocycles. The molecule has 2 amide bonds. The lowest BCUT2D eigenvalue weighted by molar-refractivity contribution is -0.00714. The van der Waals surface area contributed by atoms with E-state index in [4.69, 9.17) is 14.2 Å². The van der Waals surface area contributed by atoms with Crippen LogP contribution in [0.2, 0.25) is 0 Å². The molecule has 1 aliphatic heterocycles. The van der Waals surface area contributed by atoms with Crippen LogP contribution in [0.5, 0.6) is 0 Å². The molecule has 0 unspecified atom stereocenters. The average Bonchev–Trinajstić information content (AvgIpc) is 3.47. The van der Waals surface area contributed by atoms with E-state index in [1.54, 1.807) is 34.0 Å². The van der Waals surface area contributed by atoms with Crippen molar-refractivity contribution in [2.45, 2.75) is 57.3 Å². The van der Waals surface area contributed by atoms with Gasteiger partial charge in [-0.15, -0.1) is 0 Å². The van der Waals surface area contributed by atoms with Crippen molar-refractivity contribution in [1.82, 2.24) is 20.0 Å². The first-order valence-corrected chi connectivity index (χ1v) is 14.0. The quantitative estimate of drug-likeness (QED) is 0.419. The molecule has 2 aromatic carbocycles. The third-order valence-electron chi connectivity index (χ3n) is 7.44. The number of hydrogen-bond donors (Lipinski definition) is 2. The lowest BCUT2D eigenvalue weighted by Crippen LogP contribution is -2.58. The summed E-state index contributed by atoms with van der Waals surface area (Å²) in [6.45, 7) is 5.80. The molecule has 2 N–H and O–H groups in total. The van der Waals surface area contributed by atoms with Crippen LogP contribution in [0, 0.1) is 0 Å². The highest BCUT2D eigenvalue weighted by Crippen LogP contribution is 2.44. The van der Waals surface area contributed by atoms with Gasteiger partial charge in [0.15, 0.2) is 5.69 Å². The molecule has 1 aromatic heterocycles. The highest BCUT2D eigenvalue weighted by molar-refractivity contribution is 5.87. The number of carboxylic acid groups (broad SMARTS) is 1. The van der Waals surface area contributed by atoms with E-state index in [-0.39, 0.29) is 31.4 Å². The smallest absolute Gasteiger partial charge is 0.410 e. The number of benzene rings is 2. The van der Waals surface area contributed by atoms with Crippen molar-refractivity contribution in [2.24, 2.45) is 7.05 Å². The molecule has 1 aliphatic carbocycles. The molecule has 0 spiro atoms. The first-order chi connectivity index (χ1) is 20.0. The largest absolute Gasteiger partial charge is 0.476 e. The summed E-state index contributed by atoms with van der Waals surface area (Å²) in [6, 6.07) is 15.0. The number of hydrogen-bond acceptors (Lipinski definition) is 7.